The number of hydrogen-bond acceptors (Lipinski definition) is 5. The molecule has 1 fully saturated rings. The van der Waals surface area contributed by atoms with Crippen molar-refractivity contribution in [3.63, 3.8) is 0 Å². The molecule has 6 heteroatoms. The number of fused-ring (bicyclic) bond motifs is 1. The van der Waals surface area contributed by atoms with E-state index >= 15 is 0 Å². The lowest BCUT2D eigenvalue weighted by atomic mass is 9.82. The fourth-order valence-corrected chi connectivity index (χ4v) is 4.75. The van der Waals surface area contributed by atoms with E-state index < -0.39 is 18.1 Å². The Balaban J connectivity index is 1.66. The Kier molecular flexibility index (Phi) is 6.09. The van der Waals surface area contributed by atoms with Gasteiger partial charge >= 0.3 is 0 Å². The molecule has 168 valence electrons. The second kappa shape index (κ2) is 9.46. The smallest absolute Gasteiger partial charge is 0.263 e. The lowest BCUT2D eigenvalue weighted by molar-refractivity contribution is -0.538. The van der Waals surface area contributed by atoms with Crippen molar-refractivity contribution in [2.45, 2.75) is 18.1 Å². The lowest BCUT2D eigenvalue weighted by Gasteiger charge is -2.36. The fourth-order valence-electron chi connectivity index (χ4n) is 4.75. The van der Waals surface area contributed by atoms with Crippen LogP contribution < -0.4 is 4.74 Å². The molecule has 0 aromatic heterocycles. The van der Waals surface area contributed by atoms with Crippen molar-refractivity contribution in [3.8, 4) is 5.75 Å². The molecule has 0 spiro atoms. The van der Waals surface area contributed by atoms with Crippen molar-refractivity contribution in [2.24, 2.45) is 0 Å². The molecule has 0 bridgehead atoms. The molecule has 0 aliphatic carbocycles. The van der Waals surface area contributed by atoms with Gasteiger partial charge in [0.05, 0.1) is 19.1 Å². The van der Waals surface area contributed by atoms with E-state index in [1.165, 1.54) is 0 Å². The van der Waals surface area contributed by atoms with Gasteiger partial charge in [0.1, 0.15) is 5.75 Å². The summed E-state index contributed by atoms with van der Waals surface area (Å²) < 4.78 is 11.8. The summed E-state index contributed by atoms with van der Waals surface area (Å²) in [5.41, 5.74) is 3.69. The maximum absolute atomic E-state index is 12.5. The Morgan fingerprint density at radius 2 is 1.55 bits per heavy atom. The zero-order chi connectivity index (χ0) is 22.6. The summed E-state index contributed by atoms with van der Waals surface area (Å²) >= 11 is 0. The first-order valence-corrected chi connectivity index (χ1v) is 11.3. The standard InChI is InChI=1S/C27H26N2O4/c30-29(31)26-23(19-24(20-9-3-1-4-10-20)28-15-17-32-18-16-28)22-13-7-8-14-25(22)33-27(26)21-11-5-2-6-12-21/h1-14,19,23,26-27H,15-18H2/b24-19+. The predicted octanol–water partition coefficient (Wildman–Crippen LogP) is 4.92. The third-order valence-corrected chi connectivity index (χ3v) is 6.34. The van der Waals surface area contributed by atoms with Crippen LogP contribution in [0.2, 0.25) is 0 Å². The van der Waals surface area contributed by atoms with Gasteiger partial charge in [0.15, 0.2) is 6.10 Å². The number of rotatable bonds is 5. The van der Waals surface area contributed by atoms with E-state index in [-0.39, 0.29) is 4.92 Å². The molecule has 2 heterocycles. The molecule has 5 rings (SSSR count). The van der Waals surface area contributed by atoms with E-state index in [1.807, 2.05) is 72.8 Å². The van der Waals surface area contributed by atoms with Crippen LogP contribution in [0.5, 0.6) is 5.75 Å². The summed E-state index contributed by atoms with van der Waals surface area (Å²) in [6, 6.07) is 26.3. The molecule has 0 N–H and O–H groups in total. The minimum atomic E-state index is -0.956. The number of ether oxygens (including phenoxy) is 2. The molecule has 2 aliphatic rings. The molecule has 2 aliphatic heterocycles. The molecule has 0 amide bonds. The summed E-state index contributed by atoms with van der Waals surface area (Å²) in [5.74, 6) is 0.244. The highest BCUT2D eigenvalue weighted by molar-refractivity contribution is 5.66. The van der Waals surface area contributed by atoms with E-state index in [1.54, 1.807) is 0 Å². The van der Waals surface area contributed by atoms with Gasteiger partial charge < -0.3 is 14.4 Å². The maximum Gasteiger partial charge on any atom is 0.263 e. The molecular formula is C27H26N2O4. The van der Waals surface area contributed by atoms with Crippen LogP contribution in [0.4, 0.5) is 0 Å². The van der Waals surface area contributed by atoms with E-state index in [4.69, 9.17) is 9.47 Å². The molecular weight excluding hydrogens is 416 g/mol. The second-order valence-electron chi connectivity index (χ2n) is 8.31. The average Bonchev–Trinajstić information content (AvgIpc) is 2.88. The number of morpholine rings is 1. The van der Waals surface area contributed by atoms with Gasteiger partial charge in [0.25, 0.3) is 6.04 Å². The minimum Gasteiger partial charge on any atom is -0.478 e. The van der Waals surface area contributed by atoms with Gasteiger partial charge in [-0.15, -0.1) is 0 Å². The summed E-state index contributed by atoms with van der Waals surface area (Å²) in [7, 11) is 0. The van der Waals surface area contributed by atoms with Gasteiger partial charge in [-0.3, -0.25) is 10.1 Å². The average molecular weight is 443 g/mol. The second-order valence-corrected chi connectivity index (χ2v) is 8.31. The Hall–Kier alpha value is -3.64. The number of nitro groups is 1. The molecule has 0 radical (unpaired) electrons. The van der Waals surface area contributed by atoms with Crippen molar-refractivity contribution in [3.05, 3.63) is 118 Å². The highest BCUT2D eigenvalue weighted by Crippen LogP contribution is 2.45. The number of nitrogens with zero attached hydrogens (tertiary/aromatic N) is 2. The van der Waals surface area contributed by atoms with Crippen molar-refractivity contribution in [1.82, 2.24) is 4.90 Å². The van der Waals surface area contributed by atoms with Gasteiger partial charge in [-0.2, -0.15) is 0 Å². The van der Waals surface area contributed by atoms with Crippen molar-refractivity contribution in [2.75, 3.05) is 26.3 Å². The van der Waals surface area contributed by atoms with Gasteiger partial charge in [0, 0.05) is 29.3 Å². The lowest BCUT2D eigenvalue weighted by Crippen LogP contribution is -2.40. The van der Waals surface area contributed by atoms with Crippen LogP contribution in [0.1, 0.15) is 28.7 Å². The molecule has 3 atom stereocenters. The predicted molar refractivity (Wildman–Crippen MR) is 127 cm³/mol. The summed E-state index contributed by atoms with van der Waals surface area (Å²) in [6.45, 7) is 2.77. The number of para-hydroxylation sites is 1. The van der Waals surface area contributed by atoms with Gasteiger partial charge in [-0.1, -0.05) is 78.9 Å². The number of hydrogen-bond donors (Lipinski definition) is 0. The molecule has 1 saturated heterocycles. The molecule has 3 aromatic carbocycles. The zero-order valence-corrected chi connectivity index (χ0v) is 18.2. The van der Waals surface area contributed by atoms with E-state index in [2.05, 4.69) is 23.1 Å². The van der Waals surface area contributed by atoms with Gasteiger partial charge in [0.2, 0.25) is 0 Å². The molecule has 3 aromatic rings. The van der Waals surface area contributed by atoms with Crippen LogP contribution in [-0.2, 0) is 4.74 Å². The molecule has 6 nitrogen and oxygen atoms in total. The fraction of sp³-hybridized carbons (Fsp3) is 0.259. The van der Waals surface area contributed by atoms with Crippen molar-refractivity contribution >= 4 is 5.70 Å². The van der Waals surface area contributed by atoms with Crippen molar-refractivity contribution in [1.29, 1.82) is 0 Å². The van der Waals surface area contributed by atoms with Gasteiger partial charge in [-0.25, -0.2) is 0 Å². The van der Waals surface area contributed by atoms with Crippen LogP contribution in [0, 0.1) is 10.1 Å². The first-order valence-electron chi connectivity index (χ1n) is 11.3. The summed E-state index contributed by atoms with van der Waals surface area (Å²) in [6.07, 6.45) is 1.39. The highest BCUT2D eigenvalue weighted by atomic mass is 16.6. The normalized spacial score (nSPS) is 22.8. The first-order chi connectivity index (χ1) is 16.2. The molecule has 33 heavy (non-hydrogen) atoms. The minimum absolute atomic E-state index is 0.184. The van der Waals surface area contributed by atoms with Crippen LogP contribution in [0.15, 0.2) is 91.0 Å². The Bertz CT molecular complexity index is 1130. The van der Waals surface area contributed by atoms with Crippen LogP contribution in [0.25, 0.3) is 5.70 Å². The van der Waals surface area contributed by atoms with Crippen LogP contribution in [0.3, 0.4) is 0 Å². The van der Waals surface area contributed by atoms with E-state index in [0.29, 0.717) is 19.0 Å². The third-order valence-electron chi connectivity index (χ3n) is 6.34. The number of benzene rings is 3. The Morgan fingerprint density at radius 1 is 0.909 bits per heavy atom. The quantitative estimate of drug-likeness (QED) is 0.414. The highest BCUT2D eigenvalue weighted by Gasteiger charge is 2.46. The largest absolute Gasteiger partial charge is 0.478 e. The van der Waals surface area contributed by atoms with Crippen LogP contribution in [-0.4, -0.2) is 42.2 Å². The monoisotopic (exact) mass is 442 g/mol. The Morgan fingerprint density at radius 3 is 2.24 bits per heavy atom. The topological polar surface area (TPSA) is 64.8 Å². The molecule has 3 unspecified atom stereocenters. The maximum atomic E-state index is 12.5. The van der Waals surface area contributed by atoms with Crippen molar-refractivity contribution < 1.29 is 14.4 Å². The van der Waals surface area contributed by atoms with E-state index in [0.717, 1.165) is 35.5 Å². The molecule has 0 saturated carbocycles. The zero-order valence-electron chi connectivity index (χ0n) is 18.2. The first kappa shape index (κ1) is 21.2. The summed E-state index contributed by atoms with van der Waals surface area (Å²) in [5, 5.41) is 12.5. The van der Waals surface area contributed by atoms with Gasteiger partial charge in [-0.05, 0) is 23.3 Å². The summed E-state index contributed by atoms with van der Waals surface area (Å²) in [4.78, 5) is 14.6. The van der Waals surface area contributed by atoms with E-state index in [9.17, 15) is 10.1 Å². The van der Waals surface area contributed by atoms with Crippen LogP contribution >= 0.6 is 0 Å². The third kappa shape index (κ3) is 4.34. The SMILES string of the molecule is O=[N+]([O-])C1C(/C=C(\c2ccccc2)N2CCOCC2)c2ccccc2OC1c1ccccc1. The Labute approximate surface area is 193 Å².